The molecule has 0 radical (unpaired) electrons. The van der Waals surface area contributed by atoms with Crippen LogP contribution in [-0.4, -0.2) is 22.2 Å². The summed E-state index contributed by atoms with van der Waals surface area (Å²) < 4.78 is 52.9. The summed E-state index contributed by atoms with van der Waals surface area (Å²) in [6.45, 7) is 4.78. The van der Waals surface area contributed by atoms with Crippen LogP contribution >= 0.6 is 0 Å². The van der Waals surface area contributed by atoms with E-state index in [2.05, 4.69) is 5.10 Å². The highest BCUT2D eigenvalue weighted by atomic mass is 19.2. The van der Waals surface area contributed by atoms with Crippen molar-refractivity contribution in [3.63, 3.8) is 0 Å². The molecule has 0 bridgehead atoms. The number of benzene rings is 1. The molecule has 0 saturated heterocycles. The molecule has 27 heavy (non-hydrogen) atoms. The first-order valence-corrected chi connectivity index (χ1v) is 8.25. The molecule has 3 rings (SSSR count). The van der Waals surface area contributed by atoms with Crippen LogP contribution in [0.25, 0.3) is 5.52 Å². The monoisotopic (exact) mass is 378 g/mol. The number of ether oxygens (including phenoxy) is 2. The number of carbonyl (C=O) groups excluding carboxylic acids is 1. The molecule has 0 atom stereocenters. The third-order valence-corrected chi connectivity index (χ3v) is 4.00. The minimum Gasteiger partial charge on any atom is -0.473 e. The maximum absolute atomic E-state index is 13.8. The molecule has 8 heteroatoms. The highest BCUT2D eigenvalue weighted by Gasteiger charge is 2.21. The van der Waals surface area contributed by atoms with Crippen LogP contribution in [0.2, 0.25) is 0 Å². The number of nitrogens with zero attached hydrogens (tertiary/aromatic N) is 2. The molecular formula is C19H17F3N2O3. The molecule has 0 fully saturated rings. The van der Waals surface area contributed by atoms with Gasteiger partial charge in [0.2, 0.25) is 5.88 Å². The second kappa shape index (κ2) is 7.30. The van der Waals surface area contributed by atoms with Crippen molar-refractivity contribution in [1.82, 2.24) is 9.61 Å². The lowest BCUT2D eigenvalue weighted by Gasteiger charge is -2.11. The van der Waals surface area contributed by atoms with Gasteiger partial charge in [0.15, 0.2) is 11.6 Å². The number of rotatable bonds is 5. The van der Waals surface area contributed by atoms with Gasteiger partial charge >= 0.3 is 5.97 Å². The van der Waals surface area contributed by atoms with Crippen molar-refractivity contribution in [2.75, 3.05) is 6.61 Å². The largest absolute Gasteiger partial charge is 0.473 e. The third kappa shape index (κ3) is 3.47. The van der Waals surface area contributed by atoms with Crippen molar-refractivity contribution in [3.05, 3.63) is 64.1 Å². The minimum atomic E-state index is -1.30. The first-order valence-electron chi connectivity index (χ1n) is 8.25. The van der Waals surface area contributed by atoms with Crippen LogP contribution < -0.4 is 4.74 Å². The Morgan fingerprint density at radius 1 is 1.15 bits per heavy atom. The van der Waals surface area contributed by atoms with E-state index in [1.54, 1.807) is 32.9 Å². The summed E-state index contributed by atoms with van der Waals surface area (Å²) in [4.78, 5) is 12.2. The number of esters is 1. The van der Waals surface area contributed by atoms with Crippen LogP contribution in [0, 0.1) is 31.3 Å². The van der Waals surface area contributed by atoms with Crippen molar-refractivity contribution in [1.29, 1.82) is 0 Å². The van der Waals surface area contributed by atoms with Gasteiger partial charge in [-0.1, -0.05) is 0 Å². The van der Waals surface area contributed by atoms with Crippen molar-refractivity contribution >= 4 is 11.5 Å². The summed E-state index contributed by atoms with van der Waals surface area (Å²) in [5, 5.41) is 4.26. The van der Waals surface area contributed by atoms with E-state index in [9.17, 15) is 18.0 Å². The fraction of sp³-hybridized carbons (Fsp3) is 0.263. The standard InChI is InChI=1S/C19H17F3N2O3/c1-4-26-19(25)17-11(3)23-24-15(17)7-10(2)8-16(24)27-9-12-13(20)5-6-14(21)18(12)22/h5-8H,4,9H2,1-3H3. The van der Waals surface area contributed by atoms with Crippen LogP contribution in [0.4, 0.5) is 13.2 Å². The summed E-state index contributed by atoms with van der Waals surface area (Å²) >= 11 is 0. The molecule has 0 unspecified atom stereocenters. The number of hydrogen-bond donors (Lipinski definition) is 0. The Morgan fingerprint density at radius 2 is 1.85 bits per heavy atom. The normalized spacial score (nSPS) is 11.0. The fourth-order valence-electron chi connectivity index (χ4n) is 2.77. The topological polar surface area (TPSA) is 52.8 Å². The molecule has 0 saturated carbocycles. The molecule has 0 aliphatic heterocycles. The molecule has 3 aromatic rings. The number of fused-ring (bicyclic) bond motifs is 1. The van der Waals surface area contributed by atoms with Crippen LogP contribution in [-0.2, 0) is 11.3 Å². The van der Waals surface area contributed by atoms with Crippen LogP contribution in [0.3, 0.4) is 0 Å². The number of aromatic nitrogens is 2. The molecule has 2 heterocycles. The molecule has 2 aromatic heterocycles. The van der Waals surface area contributed by atoms with Gasteiger partial charge in [0, 0.05) is 6.07 Å². The number of pyridine rings is 1. The zero-order valence-electron chi connectivity index (χ0n) is 15.0. The molecule has 0 aliphatic rings. The maximum atomic E-state index is 13.8. The second-order valence-electron chi connectivity index (χ2n) is 5.96. The van der Waals surface area contributed by atoms with Gasteiger partial charge < -0.3 is 9.47 Å². The molecule has 5 nitrogen and oxygen atoms in total. The summed E-state index contributed by atoms with van der Waals surface area (Å²) in [7, 11) is 0. The van der Waals surface area contributed by atoms with E-state index >= 15 is 0 Å². The zero-order chi connectivity index (χ0) is 19.7. The predicted octanol–water partition coefficient (Wildman–Crippen LogP) is 4.12. The molecule has 142 valence electrons. The van der Waals surface area contributed by atoms with Gasteiger partial charge in [-0.2, -0.15) is 9.61 Å². The zero-order valence-corrected chi connectivity index (χ0v) is 15.0. The van der Waals surface area contributed by atoms with Gasteiger partial charge in [0.05, 0.1) is 23.4 Å². The highest BCUT2D eigenvalue weighted by molar-refractivity contribution is 5.98. The van der Waals surface area contributed by atoms with Crippen molar-refractivity contribution in [2.45, 2.75) is 27.4 Å². The van der Waals surface area contributed by atoms with Crippen LogP contribution in [0.5, 0.6) is 5.88 Å². The predicted molar refractivity (Wildman–Crippen MR) is 91.3 cm³/mol. The van der Waals surface area contributed by atoms with Crippen molar-refractivity contribution < 1.29 is 27.4 Å². The quantitative estimate of drug-likeness (QED) is 0.495. The van der Waals surface area contributed by atoms with E-state index in [0.717, 1.165) is 11.6 Å². The average molecular weight is 378 g/mol. The van der Waals surface area contributed by atoms with E-state index in [1.807, 2.05) is 0 Å². The lowest BCUT2D eigenvalue weighted by atomic mass is 10.1. The summed E-state index contributed by atoms with van der Waals surface area (Å²) in [6, 6.07) is 4.87. The Labute approximate surface area is 153 Å². The van der Waals surface area contributed by atoms with Gasteiger partial charge in [-0.05, 0) is 44.5 Å². The van der Waals surface area contributed by atoms with Gasteiger partial charge in [0.1, 0.15) is 18.0 Å². The first-order chi connectivity index (χ1) is 12.8. The lowest BCUT2D eigenvalue weighted by molar-refractivity contribution is 0.0528. The van der Waals surface area contributed by atoms with E-state index in [1.165, 1.54) is 4.52 Å². The minimum absolute atomic E-state index is 0.159. The number of hydrogen-bond acceptors (Lipinski definition) is 4. The van der Waals surface area contributed by atoms with Crippen molar-refractivity contribution in [3.8, 4) is 5.88 Å². The van der Waals surface area contributed by atoms with Gasteiger partial charge in [0.25, 0.3) is 0 Å². The van der Waals surface area contributed by atoms with E-state index < -0.39 is 35.6 Å². The molecule has 0 aliphatic carbocycles. The second-order valence-corrected chi connectivity index (χ2v) is 5.96. The van der Waals surface area contributed by atoms with Gasteiger partial charge in [-0.25, -0.2) is 18.0 Å². The Kier molecular flexibility index (Phi) is 5.07. The summed E-state index contributed by atoms with van der Waals surface area (Å²) in [5.74, 6) is -3.75. The van der Waals surface area contributed by atoms with Crippen molar-refractivity contribution in [2.24, 2.45) is 0 Å². The van der Waals surface area contributed by atoms with Crippen LogP contribution in [0.1, 0.15) is 34.1 Å². The Bertz CT molecular complexity index is 1030. The summed E-state index contributed by atoms with van der Waals surface area (Å²) in [5.41, 5.74) is 1.36. The summed E-state index contributed by atoms with van der Waals surface area (Å²) in [6.07, 6.45) is 0. The van der Waals surface area contributed by atoms with E-state index in [-0.39, 0.29) is 18.1 Å². The Balaban J connectivity index is 2.02. The molecule has 0 spiro atoms. The molecule has 0 N–H and O–H groups in total. The van der Waals surface area contributed by atoms with Gasteiger partial charge in [-0.3, -0.25) is 0 Å². The van der Waals surface area contributed by atoms with Crippen LogP contribution in [0.15, 0.2) is 24.3 Å². The first kappa shape index (κ1) is 18.8. The lowest BCUT2D eigenvalue weighted by Crippen LogP contribution is -2.08. The number of aryl methyl sites for hydroxylation is 2. The SMILES string of the molecule is CCOC(=O)c1c(C)nn2c(OCc3c(F)ccc(F)c3F)cc(C)cc12. The molecular weight excluding hydrogens is 361 g/mol. The average Bonchev–Trinajstić information content (AvgIpc) is 2.94. The Hall–Kier alpha value is -3.03. The number of halogens is 3. The molecule has 1 aromatic carbocycles. The third-order valence-electron chi connectivity index (χ3n) is 4.00. The van der Waals surface area contributed by atoms with Gasteiger partial charge in [-0.15, -0.1) is 0 Å². The smallest absolute Gasteiger partial charge is 0.342 e. The van der Waals surface area contributed by atoms with E-state index in [4.69, 9.17) is 9.47 Å². The Morgan fingerprint density at radius 3 is 2.56 bits per heavy atom. The number of carbonyl (C=O) groups is 1. The fourth-order valence-corrected chi connectivity index (χ4v) is 2.77. The van der Waals surface area contributed by atoms with E-state index in [0.29, 0.717) is 17.3 Å². The molecule has 0 amide bonds. The maximum Gasteiger partial charge on any atom is 0.342 e. The highest BCUT2D eigenvalue weighted by Crippen LogP contribution is 2.25.